The van der Waals surface area contributed by atoms with Crippen LogP contribution in [0.1, 0.15) is 34.1 Å². The van der Waals surface area contributed by atoms with Crippen molar-refractivity contribution in [1.29, 1.82) is 0 Å². The summed E-state index contributed by atoms with van der Waals surface area (Å²) in [6, 6.07) is 0. The summed E-state index contributed by atoms with van der Waals surface area (Å²) in [7, 11) is 0. The molecule has 0 amide bonds. The molecule has 0 aliphatic carbocycles. The number of rotatable bonds is 6. The third-order valence-electron chi connectivity index (χ3n) is 1.90. The molecule has 0 unspecified atom stereocenters. The van der Waals surface area contributed by atoms with E-state index in [4.69, 9.17) is 9.47 Å². The normalized spacial score (nSPS) is 9.81. The van der Waals surface area contributed by atoms with Gasteiger partial charge in [0.25, 0.3) is 0 Å². The Labute approximate surface area is 96.6 Å². The summed E-state index contributed by atoms with van der Waals surface area (Å²) in [6.07, 6.45) is 2.17. The van der Waals surface area contributed by atoms with Crippen molar-refractivity contribution in [2.75, 3.05) is 13.2 Å². The zero-order valence-electron chi connectivity index (χ0n) is 10.4. The average Bonchev–Trinajstić information content (AvgIpc) is 2.18. The highest BCUT2D eigenvalue weighted by molar-refractivity contribution is 5.95. The van der Waals surface area contributed by atoms with Gasteiger partial charge in [-0.3, -0.25) is 9.59 Å². The van der Waals surface area contributed by atoms with Crippen molar-refractivity contribution in [2.24, 2.45) is 5.92 Å². The quantitative estimate of drug-likeness (QED) is 0.397. The molecule has 16 heavy (non-hydrogen) atoms. The fourth-order valence-electron chi connectivity index (χ4n) is 1.13. The SMILES string of the molecule is CCOC(=O)C(CC=C(C)C)C(=O)OCC. The van der Waals surface area contributed by atoms with Crippen molar-refractivity contribution < 1.29 is 19.1 Å². The standard InChI is InChI=1S/C12H20O4/c1-5-15-11(13)10(8-7-9(3)4)12(14)16-6-2/h7,10H,5-6,8H2,1-4H3. The van der Waals surface area contributed by atoms with E-state index < -0.39 is 17.9 Å². The van der Waals surface area contributed by atoms with Gasteiger partial charge in [0.15, 0.2) is 5.92 Å². The minimum Gasteiger partial charge on any atom is -0.465 e. The second-order valence-electron chi connectivity index (χ2n) is 3.57. The van der Waals surface area contributed by atoms with Crippen molar-refractivity contribution in [1.82, 2.24) is 0 Å². The van der Waals surface area contributed by atoms with Crippen LogP contribution in [0.4, 0.5) is 0 Å². The maximum atomic E-state index is 11.5. The molecule has 0 heterocycles. The fourth-order valence-corrected chi connectivity index (χ4v) is 1.13. The zero-order chi connectivity index (χ0) is 12.6. The molecule has 0 fully saturated rings. The van der Waals surface area contributed by atoms with Crippen molar-refractivity contribution in [3.05, 3.63) is 11.6 Å². The molecule has 92 valence electrons. The van der Waals surface area contributed by atoms with Gasteiger partial charge < -0.3 is 9.47 Å². The van der Waals surface area contributed by atoms with E-state index in [-0.39, 0.29) is 13.2 Å². The summed E-state index contributed by atoms with van der Waals surface area (Å²) < 4.78 is 9.67. The Morgan fingerprint density at radius 2 is 1.50 bits per heavy atom. The van der Waals surface area contributed by atoms with Crippen molar-refractivity contribution in [3.8, 4) is 0 Å². The van der Waals surface area contributed by atoms with Crippen LogP contribution in [0.2, 0.25) is 0 Å². The van der Waals surface area contributed by atoms with E-state index in [9.17, 15) is 9.59 Å². The highest BCUT2D eigenvalue weighted by Gasteiger charge is 2.28. The number of hydrogen-bond donors (Lipinski definition) is 0. The first-order valence-corrected chi connectivity index (χ1v) is 5.49. The summed E-state index contributed by atoms with van der Waals surface area (Å²) >= 11 is 0. The molecule has 0 spiro atoms. The fraction of sp³-hybridized carbons (Fsp3) is 0.667. The molecular formula is C12H20O4. The lowest BCUT2D eigenvalue weighted by molar-refractivity contribution is -0.161. The van der Waals surface area contributed by atoms with E-state index >= 15 is 0 Å². The third-order valence-corrected chi connectivity index (χ3v) is 1.90. The molecule has 0 radical (unpaired) electrons. The van der Waals surface area contributed by atoms with Gasteiger partial charge in [-0.1, -0.05) is 11.6 Å². The maximum Gasteiger partial charge on any atom is 0.320 e. The van der Waals surface area contributed by atoms with Gasteiger partial charge in [-0.15, -0.1) is 0 Å². The molecule has 0 rings (SSSR count). The first-order valence-electron chi connectivity index (χ1n) is 5.49. The Kier molecular flexibility index (Phi) is 7.25. The molecule has 0 aliphatic heterocycles. The smallest absolute Gasteiger partial charge is 0.320 e. The van der Waals surface area contributed by atoms with E-state index in [1.165, 1.54) is 0 Å². The summed E-state index contributed by atoms with van der Waals surface area (Å²) in [5.41, 5.74) is 1.05. The van der Waals surface area contributed by atoms with Crippen LogP contribution in [0.15, 0.2) is 11.6 Å². The molecule has 0 aromatic heterocycles. The molecular weight excluding hydrogens is 208 g/mol. The molecule has 0 bridgehead atoms. The van der Waals surface area contributed by atoms with E-state index in [1.54, 1.807) is 13.8 Å². The number of esters is 2. The second kappa shape index (κ2) is 7.91. The van der Waals surface area contributed by atoms with Crippen LogP contribution < -0.4 is 0 Å². The van der Waals surface area contributed by atoms with Crippen LogP contribution in [0.25, 0.3) is 0 Å². The van der Waals surface area contributed by atoms with Gasteiger partial charge >= 0.3 is 11.9 Å². The highest BCUT2D eigenvalue weighted by Crippen LogP contribution is 2.11. The Bertz CT molecular complexity index is 246. The maximum absolute atomic E-state index is 11.5. The topological polar surface area (TPSA) is 52.6 Å². The number of ether oxygens (including phenoxy) is 2. The molecule has 0 N–H and O–H groups in total. The van der Waals surface area contributed by atoms with Gasteiger partial charge in [-0.25, -0.2) is 0 Å². The predicted octanol–water partition coefficient (Wildman–Crippen LogP) is 2.09. The minimum atomic E-state index is -0.838. The third kappa shape index (κ3) is 5.53. The van der Waals surface area contributed by atoms with Crippen molar-refractivity contribution in [2.45, 2.75) is 34.1 Å². The molecule has 0 saturated heterocycles. The van der Waals surface area contributed by atoms with Crippen LogP contribution >= 0.6 is 0 Å². The monoisotopic (exact) mass is 228 g/mol. The lowest BCUT2D eigenvalue weighted by atomic mass is 10.0. The largest absolute Gasteiger partial charge is 0.465 e. The van der Waals surface area contributed by atoms with Crippen LogP contribution in [-0.2, 0) is 19.1 Å². The Balaban J connectivity index is 4.55. The first-order chi connectivity index (χ1) is 7.52. The van der Waals surface area contributed by atoms with E-state index in [1.807, 2.05) is 19.9 Å². The molecule has 4 heteroatoms. The predicted molar refractivity (Wildman–Crippen MR) is 60.8 cm³/mol. The Morgan fingerprint density at radius 3 is 1.81 bits per heavy atom. The van der Waals surface area contributed by atoms with E-state index in [2.05, 4.69) is 0 Å². The highest BCUT2D eigenvalue weighted by atomic mass is 16.6. The lowest BCUT2D eigenvalue weighted by Gasteiger charge is -2.12. The van der Waals surface area contributed by atoms with Gasteiger partial charge in [-0.05, 0) is 34.1 Å². The minimum absolute atomic E-state index is 0.267. The van der Waals surface area contributed by atoms with E-state index in [0.717, 1.165) is 5.57 Å². The number of allylic oxidation sites excluding steroid dienone is 2. The number of hydrogen-bond acceptors (Lipinski definition) is 4. The molecule has 4 nitrogen and oxygen atoms in total. The van der Waals surface area contributed by atoms with Crippen LogP contribution in [0.3, 0.4) is 0 Å². The summed E-state index contributed by atoms with van der Waals surface area (Å²) in [5.74, 6) is -1.87. The zero-order valence-corrected chi connectivity index (χ0v) is 10.4. The number of carbonyl (C=O) groups is 2. The summed E-state index contributed by atoms with van der Waals surface area (Å²) in [5, 5.41) is 0. The molecule has 0 aromatic carbocycles. The van der Waals surface area contributed by atoms with Gasteiger partial charge in [0.2, 0.25) is 0 Å². The summed E-state index contributed by atoms with van der Waals surface area (Å²) in [6.45, 7) is 7.77. The lowest BCUT2D eigenvalue weighted by Crippen LogP contribution is -2.27. The Hall–Kier alpha value is -1.32. The molecule has 0 aliphatic rings. The van der Waals surface area contributed by atoms with Gasteiger partial charge in [0.05, 0.1) is 13.2 Å². The molecule has 0 saturated carbocycles. The van der Waals surface area contributed by atoms with Crippen LogP contribution in [0, 0.1) is 5.92 Å². The summed E-state index contributed by atoms with van der Waals surface area (Å²) in [4.78, 5) is 23.0. The molecule has 0 aromatic rings. The van der Waals surface area contributed by atoms with Crippen LogP contribution in [-0.4, -0.2) is 25.2 Å². The Morgan fingerprint density at radius 1 is 1.06 bits per heavy atom. The first kappa shape index (κ1) is 14.7. The molecule has 0 atom stereocenters. The van der Waals surface area contributed by atoms with Gasteiger partial charge in [-0.2, -0.15) is 0 Å². The second-order valence-corrected chi connectivity index (χ2v) is 3.57. The number of carbonyl (C=O) groups excluding carboxylic acids is 2. The van der Waals surface area contributed by atoms with Gasteiger partial charge in [0.1, 0.15) is 0 Å². The van der Waals surface area contributed by atoms with Crippen molar-refractivity contribution in [3.63, 3.8) is 0 Å². The van der Waals surface area contributed by atoms with E-state index in [0.29, 0.717) is 6.42 Å². The van der Waals surface area contributed by atoms with Crippen molar-refractivity contribution >= 4 is 11.9 Å². The van der Waals surface area contributed by atoms with Gasteiger partial charge in [0, 0.05) is 0 Å². The van der Waals surface area contributed by atoms with Crippen LogP contribution in [0.5, 0.6) is 0 Å². The average molecular weight is 228 g/mol.